The summed E-state index contributed by atoms with van der Waals surface area (Å²) in [7, 11) is -2.30. The van der Waals surface area contributed by atoms with Gasteiger partial charge in [0.15, 0.2) is 0 Å². The molecule has 0 spiro atoms. The van der Waals surface area contributed by atoms with E-state index in [1.165, 1.54) is 23.5 Å². The molecular formula is C20H22N4O4S. The lowest BCUT2D eigenvalue weighted by molar-refractivity contribution is 0.412. The molecule has 0 bridgehead atoms. The first-order valence-electron chi connectivity index (χ1n) is 9.09. The maximum absolute atomic E-state index is 13.1. The molecule has 3 aromatic rings. The number of fused-ring (bicyclic) bond motifs is 1. The Kier molecular flexibility index (Phi) is 6.09. The minimum absolute atomic E-state index is 0.0190. The van der Waals surface area contributed by atoms with Crippen LogP contribution in [0.5, 0.6) is 11.5 Å². The molecule has 0 amide bonds. The lowest BCUT2D eigenvalue weighted by Crippen LogP contribution is -2.30. The maximum atomic E-state index is 13.1. The van der Waals surface area contributed by atoms with Crippen LogP contribution < -0.4 is 4.74 Å². The zero-order valence-electron chi connectivity index (χ0n) is 16.4. The lowest BCUT2D eigenvalue weighted by atomic mass is 10.2. The van der Waals surface area contributed by atoms with Gasteiger partial charge in [0.05, 0.1) is 12.8 Å². The smallest absolute Gasteiger partial charge is 0.245 e. The van der Waals surface area contributed by atoms with Gasteiger partial charge in [0, 0.05) is 30.7 Å². The van der Waals surface area contributed by atoms with Gasteiger partial charge in [0.1, 0.15) is 27.6 Å². The number of hydrogen-bond donors (Lipinski definition) is 1. The van der Waals surface area contributed by atoms with E-state index < -0.39 is 10.0 Å². The highest BCUT2D eigenvalue weighted by molar-refractivity contribution is 7.89. The Morgan fingerprint density at radius 3 is 2.45 bits per heavy atom. The van der Waals surface area contributed by atoms with E-state index in [0.717, 1.165) is 0 Å². The minimum Gasteiger partial charge on any atom is -0.506 e. The predicted octanol–water partition coefficient (Wildman–Crippen LogP) is 4.39. The van der Waals surface area contributed by atoms with Crippen molar-refractivity contribution in [1.29, 1.82) is 0 Å². The summed E-state index contributed by atoms with van der Waals surface area (Å²) in [4.78, 5) is 4.17. The fraction of sp³-hybridized carbons (Fsp3) is 0.250. The lowest BCUT2D eigenvalue weighted by Gasteiger charge is -2.19. The van der Waals surface area contributed by atoms with Gasteiger partial charge in [-0.1, -0.05) is 13.8 Å². The van der Waals surface area contributed by atoms with Crippen molar-refractivity contribution in [2.24, 2.45) is 10.2 Å². The van der Waals surface area contributed by atoms with Crippen molar-refractivity contribution in [2.75, 3.05) is 20.2 Å². The number of rotatable bonds is 7. The number of nitrogens with zero attached hydrogens (tertiary/aromatic N) is 4. The quantitative estimate of drug-likeness (QED) is 0.577. The summed E-state index contributed by atoms with van der Waals surface area (Å²) in [6, 6.07) is 11.2. The minimum atomic E-state index is -3.77. The first-order valence-corrected chi connectivity index (χ1v) is 10.5. The molecule has 1 aromatic heterocycles. The molecule has 0 aliphatic carbocycles. The van der Waals surface area contributed by atoms with Crippen molar-refractivity contribution in [1.82, 2.24) is 9.29 Å². The standard InChI is InChI=1S/C20H22N4O4S/c1-4-24(5-2)29(26,27)19-13-14(28-3)8-9-17(19)23-22-16-10-11-18(25)20-15(16)7-6-12-21-20/h6-13,25H,4-5H2,1-3H3. The van der Waals surface area contributed by atoms with Crippen molar-refractivity contribution in [3.8, 4) is 11.5 Å². The van der Waals surface area contributed by atoms with Crippen LogP contribution in [0.4, 0.5) is 11.4 Å². The number of phenolic OH excluding ortho intramolecular Hbond substituents is 1. The van der Waals surface area contributed by atoms with Crippen molar-refractivity contribution in [3.05, 3.63) is 48.7 Å². The van der Waals surface area contributed by atoms with Gasteiger partial charge < -0.3 is 9.84 Å². The van der Waals surface area contributed by atoms with Crippen LogP contribution in [-0.2, 0) is 10.0 Å². The molecule has 0 saturated carbocycles. The summed E-state index contributed by atoms with van der Waals surface area (Å²) in [5.41, 5.74) is 1.06. The number of sulfonamides is 1. The fourth-order valence-electron chi connectivity index (χ4n) is 2.95. The number of hydrogen-bond acceptors (Lipinski definition) is 7. The van der Waals surface area contributed by atoms with E-state index >= 15 is 0 Å². The topological polar surface area (TPSA) is 104 Å². The van der Waals surface area contributed by atoms with E-state index in [9.17, 15) is 13.5 Å². The first-order chi connectivity index (χ1) is 13.9. The molecule has 0 aliphatic heterocycles. The van der Waals surface area contributed by atoms with Crippen LogP contribution in [0.15, 0.2) is 63.8 Å². The number of benzene rings is 2. The number of azo groups is 1. The van der Waals surface area contributed by atoms with Gasteiger partial charge in [-0.25, -0.2) is 8.42 Å². The van der Waals surface area contributed by atoms with Crippen LogP contribution in [0.25, 0.3) is 10.9 Å². The summed E-state index contributed by atoms with van der Waals surface area (Å²) in [5, 5.41) is 19.0. The van der Waals surface area contributed by atoms with Gasteiger partial charge in [-0.2, -0.15) is 4.31 Å². The van der Waals surface area contributed by atoms with Crippen molar-refractivity contribution in [2.45, 2.75) is 18.7 Å². The van der Waals surface area contributed by atoms with E-state index in [-0.39, 0.29) is 16.3 Å². The second-order valence-electron chi connectivity index (χ2n) is 6.13. The number of aromatic nitrogens is 1. The van der Waals surface area contributed by atoms with Gasteiger partial charge in [-0.3, -0.25) is 4.98 Å². The average Bonchev–Trinajstić information content (AvgIpc) is 2.74. The van der Waals surface area contributed by atoms with Gasteiger partial charge in [0.25, 0.3) is 0 Å². The van der Waals surface area contributed by atoms with Crippen molar-refractivity contribution < 1.29 is 18.3 Å². The van der Waals surface area contributed by atoms with Crippen LogP contribution in [0.3, 0.4) is 0 Å². The fourth-order valence-corrected chi connectivity index (χ4v) is 4.55. The summed E-state index contributed by atoms with van der Waals surface area (Å²) >= 11 is 0. The van der Waals surface area contributed by atoms with E-state index in [4.69, 9.17) is 4.74 Å². The number of ether oxygens (including phenoxy) is 1. The second kappa shape index (κ2) is 8.54. The summed E-state index contributed by atoms with van der Waals surface area (Å²) in [6.07, 6.45) is 1.57. The second-order valence-corrected chi connectivity index (χ2v) is 8.03. The molecule has 1 N–H and O–H groups in total. The maximum Gasteiger partial charge on any atom is 0.245 e. The Morgan fingerprint density at radius 2 is 1.76 bits per heavy atom. The molecule has 9 heteroatoms. The van der Waals surface area contributed by atoms with Gasteiger partial charge in [0.2, 0.25) is 10.0 Å². The molecule has 1 heterocycles. The number of phenols is 1. The Morgan fingerprint density at radius 1 is 1.07 bits per heavy atom. The third kappa shape index (κ3) is 4.06. The van der Waals surface area contributed by atoms with Crippen LogP contribution in [0.2, 0.25) is 0 Å². The zero-order chi connectivity index (χ0) is 21.0. The van der Waals surface area contributed by atoms with E-state index in [1.807, 2.05) is 0 Å². The number of pyridine rings is 1. The van der Waals surface area contributed by atoms with Gasteiger partial charge >= 0.3 is 0 Å². The highest BCUT2D eigenvalue weighted by Gasteiger charge is 2.25. The first kappa shape index (κ1) is 20.7. The highest BCUT2D eigenvalue weighted by Crippen LogP contribution is 2.35. The summed E-state index contributed by atoms with van der Waals surface area (Å²) in [6.45, 7) is 4.22. The van der Waals surface area contributed by atoms with Gasteiger partial charge in [-0.15, -0.1) is 10.2 Å². The Hall–Kier alpha value is -3.04. The zero-order valence-corrected chi connectivity index (χ0v) is 17.2. The SMILES string of the molecule is CCN(CC)S(=O)(=O)c1cc(OC)ccc1N=Nc1ccc(O)c2ncccc12. The molecule has 0 aliphatic rings. The average molecular weight is 414 g/mol. The summed E-state index contributed by atoms with van der Waals surface area (Å²) in [5.74, 6) is 0.447. The van der Waals surface area contributed by atoms with Crippen LogP contribution in [0, 0.1) is 0 Å². The van der Waals surface area contributed by atoms with E-state index in [2.05, 4.69) is 15.2 Å². The molecule has 0 unspecified atom stereocenters. The van der Waals surface area contributed by atoms with Crippen molar-refractivity contribution >= 4 is 32.3 Å². The Balaban J connectivity index is 2.12. The van der Waals surface area contributed by atoms with Crippen LogP contribution in [0.1, 0.15) is 13.8 Å². The molecule has 0 saturated heterocycles. The number of aromatic hydroxyl groups is 1. The summed E-state index contributed by atoms with van der Waals surface area (Å²) < 4.78 is 32.7. The van der Waals surface area contributed by atoms with Gasteiger partial charge in [-0.05, 0) is 36.4 Å². The monoisotopic (exact) mass is 414 g/mol. The van der Waals surface area contributed by atoms with E-state index in [0.29, 0.717) is 35.4 Å². The Bertz CT molecular complexity index is 1160. The normalized spacial score (nSPS) is 12.1. The molecule has 2 aromatic carbocycles. The number of methoxy groups -OCH3 is 1. The molecule has 152 valence electrons. The van der Waals surface area contributed by atoms with Crippen molar-refractivity contribution in [3.63, 3.8) is 0 Å². The molecule has 8 nitrogen and oxygen atoms in total. The molecule has 0 fully saturated rings. The molecule has 3 rings (SSSR count). The third-order valence-corrected chi connectivity index (χ3v) is 6.56. The largest absolute Gasteiger partial charge is 0.506 e. The third-order valence-electron chi connectivity index (χ3n) is 4.48. The van der Waals surface area contributed by atoms with Crippen LogP contribution in [-0.4, -0.2) is 43.0 Å². The molecule has 0 atom stereocenters. The Labute approximate surface area is 169 Å². The molecule has 29 heavy (non-hydrogen) atoms. The van der Waals surface area contributed by atoms with Crippen LogP contribution >= 0.6 is 0 Å². The predicted molar refractivity (Wildman–Crippen MR) is 111 cm³/mol. The highest BCUT2D eigenvalue weighted by atomic mass is 32.2. The van der Waals surface area contributed by atoms with E-state index in [1.54, 1.807) is 50.4 Å². The molecule has 0 radical (unpaired) electrons. The molecular weight excluding hydrogens is 392 g/mol.